The average molecular weight is 482 g/mol. The van der Waals surface area contributed by atoms with E-state index in [1.165, 1.54) is 0 Å². The molecule has 0 aliphatic carbocycles. The highest BCUT2D eigenvalue weighted by Gasteiger charge is 2.22. The van der Waals surface area contributed by atoms with Gasteiger partial charge in [-0.05, 0) is 78.3 Å². The van der Waals surface area contributed by atoms with Crippen LogP contribution in [0.1, 0.15) is 64.5 Å². The van der Waals surface area contributed by atoms with E-state index in [1.807, 2.05) is 57.2 Å². The SMILES string of the molecule is CCCOc1ccc(-c2nonc2NC(=O)C(C)Oc2cc(C)ccc2C(C)C)cc1OCCC. The summed E-state index contributed by atoms with van der Waals surface area (Å²) in [6.07, 6.45) is 0.994. The van der Waals surface area contributed by atoms with E-state index < -0.39 is 6.10 Å². The lowest BCUT2D eigenvalue weighted by atomic mass is 10.0. The molecule has 1 heterocycles. The van der Waals surface area contributed by atoms with Gasteiger partial charge in [-0.25, -0.2) is 4.63 Å². The molecule has 8 heteroatoms. The molecule has 3 aromatic rings. The summed E-state index contributed by atoms with van der Waals surface area (Å²) in [6.45, 7) is 13.1. The number of amides is 1. The largest absolute Gasteiger partial charge is 0.490 e. The van der Waals surface area contributed by atoms with Gasteiger partial charge in [0.25, 0.3) is 5.91 Å². The zero-order chi connectivity index (χ0) is 25.4. The molecule has 1 aromatic heterocycles. The smallest absolute Gasteiger partial charge is 0.266 e. The average Bonchev–Trinajstić information content (AvgIpc) is 3.29. The lowest BCUT2D eigenvalue weighted by Crippen LogP contribution is -2.30. The Labute approximate surface area is 206 Å². The number of carbonyl (C=O) groups excluding carboxylic acids is 1. The number of nitrogens with zero attached hydrogens (tertiary/aromatic N) is 2. The summed E-state index contributed by atoms with van der Waals surface area (Å²) in [6, 6.07) is 11.5. The Kier molecular flexibility index (Phi) is 9.11. The van der Waals surface area contributed by atoms with Crippen LogP contribution in [0.2, 0.25) is 0 Å². The maximum Gasteiger partial charge on any atom is 0.266 e. The first-order valence-electron chi connectivity index (χ1n) is 12.1. The maximum absolute atomic E-state index is 13.0. The minimum Gasteiger partial charge on any atom is -0.490 e. The van der Waals surface area contributed by atoms with E-state index >= 15 is 0 Å². The molecule has 0 spiro atoms. The van der Waals surface area contributed by atoms with Crippen LogP contribution < -0.4 is 19.5 Å². The lowest BCUT2D eigenvalue weighted by molar-refractivity contribution is -0.122. The molecular weight excluding hydrogens is 446 g/mol. The van der Waals surface area contributed by atoms with Gasteiger partial charge in [0.1, 0.15) is 5.75 Å². The molecule has 0 aliphatic rings. The fraction of sp³-hybridized carbons (Fsp3) is 0.444. The normalized spacial score (nSPS) is 11.9. The highest BCUT2D eigenvalue weighted by molar-refractivity contribution is 5.96. The second-order valence-corrected chi connectivity index (χ2v) is 8.77. The molecule has 188 valence electrons. The molecule has 35 heavy (non-hydrogen) atoms. The van der Waals surface area contributed by atoms with Crippen LogP contribution in [0.5, 0.6) is 17.2 Å². The highest BCUT2D eigenvalue weighted by Crippen LogP contribution is 2.35. The number of rotatable bonds is 12. The first-order valence-corrected chi connectivity index (χ1v) is 12.1. The van der Waals surface area contributed by atoms with Crippen molar-refractivity contribution >= 4 is 11.7 Å². The zero-order valence-electron chi connectivity index (χ0n) is 21.4. The third-order valence-corrected chi connectivity index (χ3v) is 5.33. The number of aromatic nitrogens is 2. The van der Waals surface area contributed by atoms with Gasteiger partial charge < -0.3 is 19.5 Å². The van der Waals surface area contributed by atoms with Crippen molar-refractivity contribution in [3.05, 3.63) is 47.5 Å². The minimum absolute atomic E-state index is 0.211. The highest BCUT2D eigenvalue weighted by atomic mass is 16.6. The van der Waals surface area contributed by atoms with Crippen LogP contribution in [-0.4, -0.2) is 35.5 Å². The molecule has 1 atom stereocenters. The number of carbonyl (C=O) groups is 1. The van der Waals surface area contributed by atoms with Crippen LogP contribution in [0.4, 0.5) is 5.82 Å². The summed E-state index contributed by atoms with van der Waals surface area (Å²) < 4.78 is 22.7. The Hall–Kier alpha value is -3.55. The Morgan fingerprint density at radius 2 is 1.66 bits per heavy atom. The fourth-order valence-corrected chi connectivity index (χ4v) is 3.45. The predicted octanol–water partition coefficient (Wildman–Crippen LogP) is 6.15. The molecular formula is C27H35N3O5. The van der Waals surface area contributed by atoms with E-state index in [1.54, 1.807) is 6.92 Å². The van der Waals surface area contributed by atoms with E-state index in [-0.39, 0.29) is 17.6 Å². The Morgan fingerprint density at radius 3 is 2.34 bits per heavy atom. The van der Waals surface area contributed by atoms with Crippen LogP contribution in [-0.2, 0) is 4.79 Å². The van der Waals surface area contributed by atoms with E-state index in [0.29, 0.717) is 41.7 Å². The van der Waals surface area contributed by atoms with Gasteiger partial charge in [0, 0.05) is 5.56 Å². The summed E-state index contributed by atoms with van der Waals surface area (Å²) in [7, 11) is 0. The maximum atomic E-state index is 13.0. The predicted molar refractivity (Wildman–Crippen MR) is 135 cm³/mol. The summed E-state index contributed by atoms with van der Waals surface area (Å²) >= 11 is 0. The number of aryl methyl sites for hydroxylation is 1. The van der Waals surface area contributed by atoms with Gasteiger partial charge in [0.2, 0.25) is 5.82 Å². The standard InChI is InChI=1S/C27H35N3O5/c1-7-13-32-22-12-10-20(16-24(22)33-14-8-2)25-26(30-35-29-25)28-27(31)19(6)34-23-15-18(5)9-11-21(23)17(3)4/h9-12,15-17,19H,7-8,13-14H2,1-6H3,(H,28,30,31). The van der Waals surface area contributed by atoms with Crippen LogP contribution in [0.15, 0.2) is 41.0 Å². The number of ether oxygens (including phenoxy) is 3. The lowest BCUT2D eigenvalue weighted by Gasteiger charge is -2.19. The number of hydrogen-bond acceptors (Lipinski definition) is 7. The van der Waals surface area contributed by atoms with Gasteiger partial charge in [-0.3, -0.25) is 4.79 Å². The van der Waals surface area contributed by atoms with E-state index in [0.717, 1.165) is 24.0 Å². The Morgan fingerprint density at radius 1 is 0.943 bits per heavy atom. The molecule has 1 unspecified atom stereocenters. The molecule has 1 amide bonds. The van der Waals surface area contributed by atoms with Crippen molar-refractivity contribution in [2.45, 2.75) is 66.4 Å². The summed E-state index contributed by atoms with van der Waals surface area (Å²) in [5.41, 5.74) is 3.19. The molecule has 0 bridgehead atoms. The third-order valence-electron chi connectivity index (χ3n) is 5.33. The first-order chi connectivity index (χ1) is 16.8. The number of benzene rings is 2. The van der Waals surface area contributed by atoms with Gasteiger partial charge in [-0.1, -0.05) is 39.8 Å². The Balaban J connectivity index is 1.78. The molecule has 3 rings (SSSR count). The topological polar surface area (TPSA) is 95.7 Å². The minimum atomic E-state index is -0.757. The van der Waals surface area contributed by atoms with Crippen LogP contribution in [0, 0.1) is 6.92 Å². The van der Waals surface area contributed by atoms with Gasteiger partial charge in [-0.15, -0.1) is 0 Å². The quantitative estimate of drug-likeness (QED) is 0.331. The number of anilines is 1. The van der Waals surface area contributed by atoms with Crippen molar-refractivity contribution in [1.82, 2.24) is 10.3 Å². The molecule has 0 aliphatic heterocycles. The second kappa shape index (κ2) is 12.2. The van der Waals surface area contributed by atoms with Crippen molar-refractivity contribution in [3.8, 4) is 28.5 Å². The number of nitrogens with one attached hydrogen (secondary N) is 1. The molecule has 0 saturated heterocycles. The van der Waals surface area contributed by atoms with Crippen LogP contribution in [0.25, 0.3) is 11.3 Å². The van der Waals surface area contributed by atoms with Crippen molar-refractivity contribution in [2.24, 2.45) is 0 Å². The zero-order valence-corrected chi connectivity index (χ0v) is 21.4. The van der Waals surface area contributed by atoms with Gasteiger partial charge >= 0.3 is 0 Å². The van der Waals surface area contributed by atoms with Crippen molar-refractivity contribution in [3.63, 3.8) is 0 Å². The van der Waals surface area contributed by atoms with Crippen molar-refractivity contribution in [1.29, 1.82) is 0 Å². The molecule has 0 radical (unpaired) electrons. The number of hydrogen-bond donors (Lipinski definition) is 1. The third kappa shape index (κ3) is 6.74. The molecule has 1 N–H and O–H groups in total. The molecule has 0 saturated carbocycles. The second-order valence-electron chi connectivity index (χ2n) is 8.77. The van der Waals surface area contributed by atoms with Crippen molar-refractivity contribution in [2.75, 3.05) is 18.5 Å². The Bertz CT molecular complexity index is 1130. The first kappa shape index (κ1) is 26.1. The molecule has 2 aromatic carbocycles. The monoisotopic (exact) mass is 481 g/mol. The van der Waals surface area contributed by atoms with E-state index in [9.17, 15) is 4.79 Å². The van der Waals surface area contributed by atoms with E-state index in [2.05, 4.69) is 29.5 Å². The van der Waals surface area contributed by atoms with Gasteiger partial charge in [-0.2, -0.15) is 0 Å². The molecule has 8 nitrogen and oxygen atoms in total. The fourth-order valence-electron chi connectivity index (χ4n) is 3.45. The summed E-state index contributed by atoms with van der Waals surface area (Å²) in [5, 5.41) is 10.7. The van der Waals surface area contributed by atoms with Crippen LogP contribution in [0.3, 0.4) is 0 Å². The van der Waals surface area contributed by atoms with Gasteiger partial charge in [0.15, 0.2) is 23.3 Å². The summed E-state index contributed by atoms with van der Waals surface area (Å²) in [4.78, 5) is 13.0. The van der Waals surface area contributed by atoms with E-state index in [4.69, 9.17) is 18.8 Å². The molecule has 0 fully saturated rings. The van der Waals surface area contributed by atoms with Crippen molar-refractivity contribution < 1.29 is 23.6 Å². The van der Waals surface area contributed by atoms with Gasteiger partial charge in [0.05, 0.1) is 13.2 Å². The summed E-state index contributed by atoms with van der Waals surface area (Å²) in [5.74, 6) is 2.08. The van der Waals surface area contributed by atoms with Crippen LogP contribution >= 0.6 is 0 Å².